The number of carbonyl (C=O) groups is 2. The number of aryl methyl sites for hydroxylation is 1. The smallest absolute Gasteiger partial charge is 0.416 e. The highest BCUT2D eigenvalue weighted by Crippen LogP contribution is 2.53. The van der Waals surface area contributed by atoms with Gasteiger partial charge in [0.15, 0.2) is 0 Å². The van der Waals surface area contributed by atoms with Crippen LogP contribution >= 0.6 is 11.8 Å². The lowest BCUT2D eigenvalue weighted by Gasteiger charge is -2.37. The molecule has 0 unspecified atom stereocenters. The number of methoxy groups -OCH3 is 1. The van der Waals surface area contributed by atoms with E-state index in [0.29, 0.717) is 40.3 Å². The summed E-state index contributed by atoms with van der Waals surface area (Å²) < 4.78 is 86.3. The molecule has 0 aliphatic carbocycles. The Balaban J connectivity index is 1.59. The summed E-state index contributed by atoms with van der Waals surface area (Å²) in [6.45, 7) is 1.13. The Labute approximate surface area is 289 Å². The second-order valence-corrected chi connectivity index (χ2v) is 13.5. The van der Waals surface area contributed by atoms with E-state index in [1.807, 2.05) is 31.2 Å². The van der Waals surface area contributed by atoms with Crippen molar-refractivity contribution in [1.29, 1.82) is 0 Å². The van der Waals surface area contributed by atoms with Gasteiger partial charge >= 0.3 is 12.4 Å². The molecule has 1 heterocycles. The third-order valence-corrected chi connectivity index (χ3v) is 9.95. The van der Waals surface area contributed by atoms with E-state index in [4.69, 9.17) is 4.74 Å². The summed E-state index contributed by atoms with van der Waals surface area (Å²) in [4.78, 5) is 30.3. The van der Waals surface area contributed by atoms with Crippen molar-refractivity contribution in [3.63, 3.8) is 0 Å². The van der Waals surface area contributed by atoms with E-state index in [9.17, 15) is 41.0 Å². The molecule has 0 spiro atoms. The number of likely N-dealkylation sites (tertiary alicyclic amines) is 1. The number of carbonyl (C=O) groups excluding carboxylic acids is 2. The number of hydrogen-bond donors (Lipinski definition) is 2. The summed E-state index contributed by atoms with van der Waals surface area (Å²) in [5.41, 5.74) is -0.620. The van der Waals surface area contributed by atoms with Crippen LogP contribution < -0.4 is 10.1 Å². The lowest BCUT2D eigenvalue weighted by molar-refractivity contribution is -0.143. The van der Waals surface area contributed by atoms with Gasteiger partial charge in [-0.05, 0) is 78.1 Å². The third-order valence-electron chi connectivity index (χ3n) is 8.53. The molecule has 5 rings (SSSR count). The molecule has 6 nitrogen and oxygen atoms in total. The molecule has 1 aliphatic rings. The summed E-state index contributed by atoms with van der Waals surface area (Å²) in [6, 6.07) is 21.0. The first-order valence-electron chi connectivity index (χ1n) is 15.6. The van der Waals surface area contributed by atoms with Gasteiger partial charge in [0.1, 0.15) is 10.5 Å². The van der Waals surface area contributed by atoms with Crippen LogP contribution in [0.25, 0.3) is 0 Å². The summed E-state index contributed by atoms with van der Waals surface area (Å²) in [7, 11) is 1.54. The highest BCUT2D eigenvalue weighted by Gasteiger charge is 2.58. The maximum absolute atomic E-state index is 14.5. The topological polar surface area (TPSA) is 78.9 Å². The zero-order chi connectivity index (χ0) is 36.3. The predicted molar refractivity (Wildman–Crippen MR) is 176 cm³/mol. The molecule has 2 amide bonds. The standard InChI is InChI=1S/C37H34F6N2O4S/c1-23-3-13-31(14-4-23)50-35(34(48)44-16-15-24-7-11-30(49-2)12-8-24)20-32(47)45(33(35)27-9-5-25(22-46)6-10-27)21-26-17-28(36(38,39)40)19-29(18-26)37(41,42)43/h3-14,17-19,33,46H,15-16,20-22H2,1-2H3,(H,44,48)/t33-,35-/m1/s1. The minimum Gasteiger partial charge on any atom is -0.497 e. The fourth-order valence-corrected chi connectivity index (χ4v) is 7.41. The van der Waals surface area contributed by atoms with E-state index in [1.165, 1.54) is 4.90 Å². The van der Waals surface area contributed by atoms with Gasteiger partial charge in [0.25, 0.3) is 0 Å². The van der Waals surface area contributed by atoms with E-state index in [-0.39, 0.29) is 19.2 Å². The van der Waals surface area contributed by atoms with Crippen LogP contribution in [0.3, 0.4) is 0 Å². The summed E-state index contributed by atoms with van der Waals surface area (Å²) in [5.74, 6) is -0.491. The zero-order valence-corrected chi connectivity index (χ0v) is 27.9. The molecule has 0 radical (unpaired) electrons. The maximum Gasteiger partial charge on any atom is 0.416 e. The third kappa shape index (κ3) is 8.27. The molecule has 2 atom stereocenters. The highest BCUT2D eigenvalue weighted by molar-refractivity contribution is 8.01. The van der Waals surface area contributed by atoms with Gasteiger partial charge in [-0.2, -0.15) is 26.3 Å². The molecular weight excluding hydrogens is 682 g/mol. The number of benzene rings is 4. The number of halogens is 6. The van der Waals surface area contributed by atoms with Crippen molar-refractivity contribution in [1.82, 2.24) is 10.2 Å². The van der Waals surface area contributed by atoms with Gasteiger partial charge in [-0.25, -0.2) is 0 Å². The minimum atomic E-state index is -5.08. The highest BCUT2D eigenvalue weighted by atomic mass is 32.2. The van der Waals surface area contributed by atoms with Crippen molar-refractivity contribution in [2.75, 3.05) is 13.7 Å². The molecule has 13 heteroatoms. The Morgan fingerprint density at radius 2 is 1.46 bits per heavy atom. The van der Waals surface area contributed by atoms with Crippen LogP contribution in [-0.2, 0) is 41.5 Å². The summed E-state index contributed by atoms with van der Waals surface area (Å²) >= 11 is 1.11. The van der Waals surface area contributed by atoms with Crippen LogP contribution in [0, 0.1) is 6.92 Å². The van der Waals surface area contributed by atoms with E-state index in [0.717, 1.165) is 22.9 Å². The van der Waals surface area contributed by atoms with E-state index >= 15 is 0 Å². The maximum atomic E-state index is 14.5. The van der Waals surface area contributed by atoms with Crippen LogP contribution in [0.15, 0.2) is 95.9 Å². The number of ether oxygens (including phenoxy) is 1. The number of amides is 2. The Morgan fingerprint density at radius 1 is 0.880 bits per heavy atom. The Kier molecular flexibility index (Phi) is 10.9. The summed E-state index contributed by atoms with van der Waals surface area (Å²) in [5, 5.41) is 12.6. The van der Waals surface area contributed by atoms with Crippen LogP contribution in [0.2, 0.25) is 0 Å². The average molecular weight is 717 g/mol. The van der Waals surface area contributed by atoms with Crippen molar-refractivity contribution in [2.24, 2.45) is 0 Å². The second kappa shape index (κ2) is 14.8. The van der Waals surface area contributed by atoms with Crippen LogP contribution in [0.4, 0.5) is 26.3 Å². The lowest BCUT2D eigenvalue weighted by Crippen LogP contribution is -2.48. The molecule has 4 aromatic rings. The number of aliphatic hydroxyl groups excluding tert-OH is 1. The van der Waals surface area contributed by atoms with Gasteiger partial charge < -0.3 is 20.1 Å². The molecule has 1 saturated heterocycles. The number of rotatable bonds is 11. The van der Waals surface area contributed by atoms with Crippen molar-refractivity contribution in [3.8, 4) is 5.75 Å². The Hall–Kier alpha value is -4.49. The molecule has 0 saturated carbocycles. The lowest BCUT2D eigenvalue weighted by atomic mass is 9.90. The molecule has 1 fully saturated rings. The number of aliphatic hydroxyl groups is 1. The van der Waals surface area contributed by atoms with Crippen LogP contribution in [0.5, 0.6) is 5.75 Å². The van der Waals surface area contributed by atoms with Gasteiger partial charge in [0, 0.05) is 18.0 Å². The number of nitrogens with zero attached hydrogens (tertiary/aromatic N) is 1. The molecule has 50 heavy (non-hydrogen) atoms. The first-order valence-corrected chi connectivity index (χ1v) is 16.4. The van der Waals surface area contributed by atoms with Crippen LogP contribution in [-0.4, -0.2) is 40.2 Å². The van der Waals surface area contributed by atoms with Crippen molar-refractivity contribution in [2.45, 2.75) is 61.0 Å². The predicted octanol–water partition coefficient (Wildman–Crippen LogP) is 7.90. The molecule has 0 aromatic heterocycles. The molecule has 264 valence electrons. The first kappa shape index (κ1) is 36.8. The van der Waals surface area contributed by atoms with Crippen molar-refractivity contribution in [3.05, 3.63) is 130 Å². The number of nitrogens with one attached hydrogen (secondary N) is 1. The van der Waals surface area contributed by atoms with Gasteiger partial charge in [-0.15, -0.1) is 11.8 Å². The molecule has 2 N–H and O–H groups in total. The number of alkyl halides is 6. The van der Waals surface area contributed by atoms with Crippen LogP contribution in [0.1, 0.15) is 51.4 Å². The molecular formula is C37H34F6N2O4S. The minimum absolute atomic E-state index is 0.0359. The SMILES string of the molecule is COc1ccc(CCNC(=O)[C@@]2(Sc3ccc(C)cc3)CC(=O)N(Cc3cc(C(F)(F)F)cc(C(F)(F)F)c3)[C@@H]2c2ccc(CO)cc2)cc1. The fraction of sp³-hybridized carbons (Fsp3) is 0.297. The van der Waals surface area contributed by atoms with E-state index in [1.54, 1.807) is 55.6 Å². The average Bonchev–Trinajstić information content (AvgIpc) is 3.36. The summed E-state index contributed by atoms with van der Waals surface area (Å²) in [6.07, 6.45) is -10.1. The van der Waals surface area contributed by atoms with E-state index < -0.39 is 64.6 Å². The Bertz CT molecular complexity index is 1780. The normalized spacial score (nSPS) is 18.0. The van der Waals surface area contributed by atoms with Gasteiger partial charge in [-0.3, -0.25) is 9.59 Å². The first-order chi connectivity index (χ1) is 23.6. The van der Waals surface area contributed by atoms with Gasteiger partial charge in [0.2, 0.25) is 11.8 Å². The van der Waals surface area contributed by atoms with Gasteiger partial charge in [-0.1, -0.05) is 54.1 Å². The molecule has 4 aromatic carbocycles. The van der Waals surface area contributed by atoms with Crippen molar-refractivity contribution < 1.29 is 45.8 Å². The van der Waals surface area contributed by atoms with E-state index in [2.05, 4.69) is 5.32 Å². The number of thioether (sulfide) groups is 1. The Morgan fingerprint density at radius 3 is 2.00 bits per heavy atom. The van der Waals surface area contributed by atoms with Crippen molar-refractivity contribution >= 4 is 23.6 Å². The second-order valence-electron chi connectivity index (χ2n) is 12.1. The molecule has 0 bridgehead atoms. The quantitative estimate of drug-likeness (QED) is 0.155. The fourth-order valence-electron chi connectivity index (χ4n) is 5.98. The zero-order valence-electron chi connectivity index (χ0n) is 27.1. The molecule has 1 aliphatic heterocycles. The monoisotopic (exact) mass is 716 g/mol. The number of hydrogen-bond acceptors (Lipinski definition) is 5. The largest absolute Gasteiger partial charge is 0.497 e. The van der Waals surface area contributed by atoms with Gasteiger partial charge in [0.05, 0.1) is 37.3 Å².